The third-order valence-corrected chi connectivity index (χ3v) is 3.11. The third kappa shape index (κ3) is 4.68. The van der Waals surface area contributed by atoms with Crippen LogP contribution in [-0.4, -0.2) is 32.5 Å². The third-order valence-electron chi connectivity index (χ3n) is 2.91. The molecule has 24 heavy (non-hydrogen) atoms. The van der Waals surface area contributed by atoms with Gasteiger partial charge in [-0.25, -0.2) is 0 Å². The van der Waals surface area contributed by atoms with Crippen LogP contribution in [0, 0.1) is 0 Å². The van der Waals surface area contributed by atoms with E-state index in [0.29, 0.717) is 0 Å². The maximum atomic E-state index is 12.2. The smallest absolute Gasteiger partial charge is 0.234 e. The van der Waals surface area contributed by atoms with E-state index in [4.69, 9.17) is 17.4 Å². The number of Topliss-reactive ketones (excluding diaryl/α,β-unsaturated/α-hetero) is 1. The van der Waals surface area contributed by atoms with Crippen LogP contribution in [0.5, 0.6) is 0 Å². The highest BCUT2D eigenvalue weighted by atomic mass is 32.1. The lowest BCUT2D eigenvalue weighted by atomic mass is 10.1. The predicted octanol–water partition coefficient (Wildman–Crippen LogP) is 2.46. The molecular weight excluding hydrogens is 326 g/mol. The van der Waals surface area contributed by atoms with E-state index in [2.05, 4.69) is 26.0 Å². The average Bonchev–Trinajstić information content (AvgIpc) is 2.62. The first-order valence-corrected chi connectivity index (χ1v) is 7.37. The molecule has 0 aliphatic heterocycles. The lowest BCUT2D eigenvalue weighted by Gasteiger charge is -2.08. The zero-order valence-corrected chi connectivity index (χ0v) is 13.6. The highest BCUT2D eigenvalue weighted by Crippen LogP contribution is 2.04. The van der Waals surface area contributed by atoms with Gasteiger partial charge in [-0.05, 0) is 43.4 Å². The molecule has 1 aromatic heterocycles. The van der Waals surface area contributed by atoms with Crippen LogP contribution in [0.2, 0.25) is 0 Å². The van der Waals surface area contributed by atoms with Crippen molar-refractivity contribution in [3.05, 3.63) is 60.4 Å². The number of oxime groups is 1. The number of aromatic nitrogens is 1. The van der Waals surface area contributed by atoms with E-state index < -0.39 is 5.78 Å². The molecule has 1 aromatic carbocycles. The number of hydrazone groups is 1. The fraction of sp³-hybridized carbons (Fsp3) is 0.0625. The predicted molar refractivity (Wildman–Crippen MR) is 96.7 cm³/mol. The van der Waals surface area contributed by atoms with E-state index in [1.165, 1.54) is 19.2 Å². The molecule has 0 unspecified atom stereocenters. The van der Waals surface area contributed by atoms with Crippen molar-refractivity contribution in [1.82, 2.24) is 10.4 Å². The van der Waals surface area contributed by atoms with Gasteiger partial charge >= 0.3 is 0 Å². The number of carbonyl (C=O) groups is 1. The van der Waals surface area contributed by atoms with Gasteiger partial charge < -0.3 is 10.5 Å². The Morgan fingerprint density at radius 3 is 2.50 bits per heavy atom. The van der Waals surface area contributed by atoms with Crippen molar-refractivity contribution in [3.8, 4) is 0 Å². The normalized spacial score (nSPS) is 11.7. The Labute approximate surface area is 144 Å². The second-order valence-corrected chi connectivity index (χ2v) is 5.03. The van der Waals surface area contributed by atoms with E-state index in [0.717, 1.165) is 5.69 Å². The number of pyridine rings is 1. The minimum Gasteiger partial charge on any atom is -0.410 e. The summed E-state index contributed by atoms with van der Waals surface area (Å²) in [4.78, 5) is 16.2. The second kappa shape index (κ2) is 8.49. The van der Waals surface area contributed by atoms with Crippen LogP contribution in [-0.2, 0) is 0 Å². The molecule has 0 aliphatic rings. The van der Waals surface area contributed by atoms with Crippen molar-refractivity contribution in [2.75, 3.05) is 5.32 Å². The van der Waals surface area contributed by atoms with E-state index in [1.54, 1.807) is 12.1 Å². The van der Waals surface area contributed by atoms with Crippen LogP contribution in [0.25, 0.3) is 0 Å². The summed E-state index contributed by atoms with van der Waals surface area (Å²) in [6, 6.07) is 14.2. The standard InChI is InChI=1S/C16H15N5O2S/c1-11(14(21-23)15(22)13-9-5-6-10-17-13)19-20-16(24)18-12-7-3-2-4-8-12/h2-10,23H,1H3,(H2,18,20,24). The molecule has 3 N–H and O–H groups in total. The number of hydrogen-bond donors (Lipinski definition) is 3. The van der Waals surface area contributed by atoms with E-state index in [1.807, 2.05) is 30.3 Å². The highest BCUT2D eigenvalue weighted by molar-refractivity contribution is 7.80. The fourth-order valence-corrected chi connectivity index (χ4v) is 1.93. The van der Waals surface area contributed by atoms with Crippen LogP contribution in [0.3, 0.4) is 0 Å². The zero-order chi connectivity index (χ0) is 17.4. The fourth-order valence-electron chi connectivity index (χ4n) is 1.77. The monoisotopic (exact) mass is 341 g/mol. The lowest BCUT2D eigenvalue weighted by molar-refractivity contribution is 0.106. The Hall–Kier alpha value is -3.13. The zero-order valence-electron chi connectivity index (χ0n) is 12.8. The Balaban J connectivity index is 2.03. The topological polar surface area (TPSA) is 99.0 Å². The van der Waals surface area contributed by atoms with Gasteiger partial charge in [-0.2, -0.15) is 5.10 Å². The number of thiocarbonyl (C=S) groups is 1. The number of carbonyl (C=O) groups excluding carboxylic acids is 1. The van der Waals surface area contributed by atoms with Crippen LogP contribution in [0.15, 0.2) is 65.0 Å². The van der Waals surface area contributed by atoms with Crippen molar-refractivity contribution in [1.29, 1.82) is 0 Å². The molecule has 0 radical (unpaired) electrons. The molecule has 0 aliphatic carbocycles. The largest absolute Gasteiger partial charge is 0.410 e. The summed E-state index contributed by atoms with van der Waals surface area (Å²) in [5.41, 5.74) is 3.50. The van der Waals surface area contributed by atoms with E-state index in [-0.39, 0.29) is 22.2 Å². The maximum absolute atomic E-state index is 12.2. The van der Waals surface area contributed by atoms with Gasteiger partial charge in [0.15, 0.2) is 10.8 Å². The summed E-state index contributed by atoms with van der Waals surface area (Å²) in [5, 5.41) is 19.3. The molecule has 2 rings (SSSR count). The summed E-state index contributed by atoms with van der Waals surface area (Å²) in [6.45, 7) is 1.52. The van der Waals surface area contributed by atoms with Gasteiger partial charge in [-0.15, -0.1) is 0 Å². The van der Waals surface area contributed by atoms with Gasteiger partial charge in [-0.3, -0.25) is 15.2 Å². The van der Waals surface area contributed by atoms with Crippen molar-refractivity contribution >= 4 is 40.2 Å². The van der Waals surface area contributed by atoms with Crippen molar-refractivity contribution in [2.24, 2.45) is 10.3 Å². The van der Waals surface area contributed by atoms with E-state index >= 15 is 0 Å². The Kier molecular flexibility index (Phi) is 6.09. The molecule has 1 heterocycles. The molecule has 0 spiro atoms. The number of anilines is 1. The molecule has 122 valence electrons. The summed E-state index contributed by atoms with van der Waals surface area (Å²) >= 11 is 5.11. The van der Waals surface area contributed by atoms with Gasteiger partial charge in [0, 0.05) is 11.9 Å². The van der Waals surface area contributed by atoms with Gasteiger partial charge in [0.05, 0.1) is 5.71 Å². The van der Waals surface area contributed by atoms with Crippen molar-refractivity contribution in [2.45, 2.75) is 6.92 Å². The van der Waals surface area contributed by atoms with Crippen molar-refractivity contribution < 1.29 is 10.0 Å². The number of nitrogens with zero attached hydrogens (tertiary/aromatic N) is 3. The molecular formula is C16H15N5O2S. The van der Waals surface area contributed by atoms with Gasteiger partial charge in [0.25, 0.3) is 0 Å². The van der Waals surface area contributed by atoms with Crippen LogP contribution in [0.4, 0.5) is 5.69 Å². The number of para-hydroxylation sites is 1. The Morgan fingerprint density at radius 1 is 1.17 bits per heavy atom. The summed E-state index contributed by atoms with van der Waals surface area (Å²) in [7, 11) is 0. The SMILES string of the molecule is CC(=NNC(=S)Nc1ccccc1)C(=NO)C(=O)c1ccccn1. The van der Waals surface area contributed by atoms with Gasteiger partial charge in [-0.1, -0.05) is 29.4 Å². The molecule has 2 aromatic rings. The second-order valence-electron chi connectivity index (χ2n) is 4.62. The first-order valence-electron chi connectivity index (χ1n) is 6.96. The first kappa shape index (κ1) is 17.2. The number of rotatable bonds is 5. The molecule has 0 atom stereocenters. The average molecular weight is 341 g/mol. The van der Waals surface area contributed by atoms with Crippen LogP contribution in [0.1, 0.15) is 17.4 Å². The Morgan fingerprint density at radius 2 is 1.88 bits per heavy atom. The molecule has 8 heteroatoms. The minimum atomic E-state index is -0.539. The van der Waals surface area contributed by atoms with Gasteiger partial charge in [0.2, 0.25) is 5.78 Å². The quantitative estimate of drug-likeness (QED) is 0.254. The molecule has 0 amide bonds. The summed E-state index contributed by atoms with van der Waals surface area (Å²) in [5.74, 6) is -0.539. The first-order chi connectivity index (χ1) is 11.6. The Bertz CT molecular complexity index is 776. The van der Waals surface area contributed by atoms with E-state index in [9.17, 15) is 4.79 Å². The van der Waals surface area contributed by atoms with Crippen LogP contribution < -0.4 is 10.7 Å². The van der Waals surface area contributed by atoms with Gasteiger partial charge in [0.1, 0.15) is 5.69 Å². The maximum Gasteiger partial charge on any atom is 0.234 e. The molecule has 0 saturated heterocycles. The van der Waals surface area contributed by atoms with Crippen molar-refractivity contribution in [3.63, 3.8) is 0 Å². The number of ketones is 1. The summed E-state index contributed by atoms with van der Waals surface area (Å²) < 4.78 is 0. The number of nitrogens with one attached hydrogen (secondary N) is 2. The molecule has 0 fully saturated rings. The number of benzene rings is 1. The molecule has 0 bridgehead atoms. The van der Waals surface area contributed by atoms with Crippen LogP contribution >= 0.6 is 12.2 Å². The summed E-state index contributed by atoms with van der Waals surface area (Å²) in [6.07, 6.45) is 1.48. The minimum absolute atomic E-state index is 0.157. The highest BCUT2D eigenvalue weighted by Gasteiger charge is 2.19. The molecule has 0 saturated carbocycles. The lowest BCUT2D eigenvalue weighted by Crippen LogP contribution is -2.29. The number of hydrogen-bond acceptors (Lipinski definition) is 6. The molecule has 7 nitrogen and oxygen atoms in total.